The van der Waals surface area contributed by atoms with E-state index < -0.39 is 6.04 Å². The van der Waals surface area contributed by atoms with Crippen LogP contribution in [0.4, 0.5) is 0 Å². The smallest absolute Gasteiger partial charge is 0.267 e. The molecule has 1 N–H and O–H groups in total. The Morgan fingerprint density at radius 1 is 1.02 bits per heavy atom. The van der Waals surface area contributed by atoms with Gasteiger partial charge >= 0.3 is 0 Å². The largest absolute Gasteiger partial charge is 0.342 e. The Bertz CT molecular complexity index is 2030. The van der Waals surface area contributed by atoms with E-state index in [4.69, 9.17) is 4.98 Å². The van der Waals surface area contributed by atoms with Gasteiger partial charge in [0.15, 0.2) is 5.65 Å². The monoisotopic (exact) mass is 545 g/mol. The predicted octanol–water partition coefficient (Wildman–Crippen LogP) is 4.39. The number of hydrogen-bond donors (Lipinski definition) is 1. The van der Waals surface area contributed by atoms with Crippen LogP contribution < -0.4 is 10.9 Å². The van der Waals surface area contributed by atoms with E-state index in [1.165, 1.54) is 15.9 Å². The molecule has 9 nitrogen and oxygen atoms in total. The SMILES string of the molecule is Cc1nn2cccnc2c1C(=O)N[C@@H](C)c1nc2cccc(C#Cc3ncsc3C)c2c(=O)n1-c1ccccc1. The summed E-state index contributed by atoms with van der Waals surface area (Å²) in [5, 5.41) is 7.80. The number of nitrogens with zero attached hydrogens (tertiary/aromatic N) is 6. The highest BCUT2D eigenvalue weighted by atomic mass is 32.1. The predicted molar refractivity (Wildman–Crippen MR) is 154 cm³/mol. The molecule has 1 atom stereocenters. The molecule has 0 spiro atoms. The van der Waals surface area contributed by atoms with Crippen LogP contribution in [0.25, 0.3) is 22.2 Å². The number of para-hydroxylation sites is 1. The molecule has 6 aromatic rings. The lowest BCUT2D eigenvalue weighted by molar-refractivity contribution is 0.0938. The lowest BCUT2D eigenvalue weighted by Gasteiger charge is -2.20. The van der Waals surface area contributed by atoms with Gasteiger partial charge in [-0.05, 0) is 57.0 Å². The summed E-state index contributed by atoms with van der Waals surface area (Å²) in [6, 6.07) is 15.8. The Morgan fingerprint density at radius 2 is 1.85 bits per heavy atom. The normalized spacial score (nSPS) is 11.8. The molecule has 0 unspecified atom stereocenters. The van der Waals surface area contributed by atoms with Crippen molar-refractivity contribution in [1.82, 2.24) is 34.4 Å². The molecule has 40 heavy (non-hydrogen) atoms. The quantitative estimate of drug-likeness (QED) is 0.329. The lowest BCUT2D eigenvalue weighted by atomic mass is 10.1. The standard InChI is InChI=1S/C30H23N7O2S/c1-18-25(28-31-15-8-16-36(28)35-18)29(38)33-19(2)27-34-24-12-7-9-21(13-14-23-20(3)40-17-32-23)26(24)30(39)37(27)22-10-5-4-6-11-22/h4-12,15-17,19H,1-3H3,(H,33,38)/t19-/m0/s1. The molecule has 6 rings (SSSR count). The van der Waals surface area contributed by atoms with Crippen LogP contribution in [0.5, 0.6) is 0 Å². The summed E-state index contributed by atoms with van der Waals surface area (Å²) in [6.07, 6.45) is 3.36. The maximum atomic E-state index is 14.2. The Labute approximate surface area is 233 Å². The average Bonchev–Trinajstić information content (AvgIpc) is 3.53. The van der Waals surface area contributed by atoms with Crippen molar-refractivity contribution < 1.29 is 4.79 Å². The summed E-state index contributed by atoms with van der Waals surface area (Å²) in [5.41, 5.74) is 5.21. The Kier molecular flexibility index (Phi) is 6.42. The van der Waals surface area contributed by atoms with Gasteiger partial charge in [0.05, 0.1) is 33.8 Å². The first-order valence-corrected chi connectivity index (χ1v) is 13.4. The molecule has 0 aliphatic carbocycles. The Morgan fingerprint density at radius 3 is 2.62 bits per heavy atom. The van der Waals surface area contributed by atoms with Crippen LogP contribution in [0.15, 0.2) is 77.3 Å². The number of aromatic nitrogens is 6. The highest BCUT2D eigenvalue weighted by Gasteiger charge is 2.24. The van der Waals surface area contributed by atoms with E-state index in [0.29, 0.717) is 50.6 Å². The molecule has 196 valence electrons. The summed E-state index contributed by atoms with van der Waals surface area (Å²) in [6.45, 7) is 5.52. The fourth-order valence-electron chi connectivity index (χ4n) is 4.62. The van der Waals surface area contributed by atoms with Crippen LogP contribution in [0.1, 0.15) is 51.0 Å². The number of aryl methyl sites for hydroxylation is 2. The minimum Gasteiger partial charge on any atom is -0.342 e. The van der Waals surface area contributed by atoms with Gasteiger partial charge in [0.25, 0.3) is 11.5 Å². The summed E-state index contributed by atoms with van der Waals surface area (Å²) < 4.78 is 3.10. The number of nitrogens with one attached hydrogen (secondary N) is 1. The molecule has 0 saturated carbocycles. The molecule has 4 heterocycles. The molecule has 1 amide bonds. The van der Waals surface area contributed by atoms with Crippen LogP contribution in [-0.4, -0.2) is 35.0 Å². The van der Waals surface area contributed by atoms with Gasteiger partial charge in [-0.3, -0.25) is 14.2 Å². The summed E-state index contributed by atoms with van der Waals surface area (Å²) >= 11 is 1.52. The first kappa shape index (κ1) is 25.2. The van der Waals surface area contributed by atoms with Crippen LogP contribution in [-0.2, 0) is 0 Å². The topological polar surface area (TPSA) is 107 Å². The van der Waals surface area contributed by atoms with Gasteiger partial charge in [0.2, 0.25) is 0 Å². The number of rotatable bonds is 4. The van der Waals surface area contributed by atoms with Crippen LogP contribution in [0.3, 0.4) is 0 Å². The van der Waals surface area contributed by atoms with Crippen molar-refractivity contribution in [2.45, 2.75) is 26.8 Å². The van der Waals surface area contributed by atoms with Gasteiger partial charge in [0, 0.05) is 22.8 Å². The zero-order valence-corrected chi connectivity index (χ0v) is 22.7. The second-order valence-electron chi connectivity index (χ2n) is 9.20. The highest BCUT2D eigenvalue weighted by Crippen LogP contribution is 2.22. The van der Waals surface area contributed by atoms with Gasteiger partial charge in [-0.2, -0.15) is 5.10 Å². The van der Waals surface area contributed by atoms with E-state index in [2.05, 4.69) is 32.2 Å². The molecule has 0 fully saturated rings. The second kappa shape index (κ2) is 10.2. The van der Waals surface area contributed by atoms with E-state index in [-0.39, 0.29) is 11.5 Å². The molecule has 10 heteroatoms. The summed E-state index contributed by atoms with van der Waals surface area (Å²) in [5.74, 6) is 6.25. The van der Waals surface area contributed by atoms with Crippen molar-refractivity contribution >= 4 is 33.8 Å². The molecule has 2 aromatic carbocycles. The van der Waals surface area contributed by atoms with Crippen molar-refractivity contribution in [2.75, 3.05) is 0 Å². The highest BCUT2D eigenvalue weighted by molar-refractivity contribution is 7.09. The summed E-state index contributed by atoms with van der Waals surface area (Å²) in [4.78, 5) is 42.1. The van der Waals surface area contributed by atoms with Crippen molar-refractivity contribution in [3.8, 4) is 17.5 Å². The fourth-order valence-corrected chi connectivity index (χ4v) is 5.15. The number of hydrogen-bond acceptors (Lipinski definition) is 7. The second-order valence-corrected chi connectivity index (χ2v) is 10.3. The Hall–Kier alpha value is -5.14. The van der Waals surface area contributed by atoms with Gasteiger partial charge in [-0.1, -0.05) is 30.2 Å². The van der Waals surface area contributed by atoms with E-state index in [9.17, 15) is 9.59 Å². The van der Waals surface area contributed by atoms with Gasteiger partial charge in [-0.25, -0.2) is 19.5 Å². The molecule has 0 aliphatic rings. The van der Waals surface area contributed by atoms with Crippen molar-refractivity contribution in [1.29, 1.82) is 0 Å². The first-order chi connectivity index (χ1) is 19.4. The molecule has 0 aliphatic heterocycles. The van der Waals surface area contributed by atoms with Crippen molar-refractivity contribution in [3.63, 3.8) is 0 Å². The minimum absolute atomic E-state index is 0.277. The van der Waals surface area contributed by atoms with E-state index in [1.807, 2.05) is 43.3 Å². The molecule has 0 bridgehead atoms. The maximum Gasteiger partial charge on any atom is 0.267 e. The number of fused-ring (bicyclic) bond motifs is 2. The Balaban J connectivity index is 1.48. The number of benzene rings is 2. The van der Waals surface area contributed by atoms with Gasteiger partial charge in [0.1, 0.15) is 17.1 Å². The molecule has 0 radical (unpaired) electrons. The van der Waals surface area contributed by atoms with E-state index in [1.54, 1.807) is 54.5 Å². The van der Waals surface area contributed by atoms with Crippen molar-refractivity contribution in [2.24, 2.45) is 0 Å². The molecule has 4 aromatic heterocycles. The third-order valence-electron chi connectivity index (χ3n) is 6.53. The van der Waals surface area contributed by atoms with Crippen LogP contribution in [0.2, 0.25) is 0 Å². The van der Waals surface area contributed by atoms with Crippen LogP contribution in [0, 0.1) is 25.7 Å². The summed E-state index contributed by atoms with van der Waals surface area (Å²) in [7, 11) is 0. The number of amides is 1. The third kappa shape index (κ3) is 4.42. The molecular formula is C30H23N7O2S. The number of carbonyl (C=O) groups excluding carboxylic acids is 1. The zero-order chi connectivity index (χ0) is 27.8. The van der Waals surface area contributed by atoms with E-state index >= 15 is 0 Å². The molecule has 0 saturated heterocycles. The lowest BCUT2D eigenvalue weighted by Crippen LogP contribution is -2.33. The fraction of sp³-hybridized carbons (Fsp3) is 0.133. The van der Waals surface area contributed by atoms with Gasteiger partial charge < -0.3 is 5.32 Å². The van der Waals surface area contributed by atoms with Crippen molar-refractivity contribution in [3.05, 3.63) is 116 Å². The third-order valence-corrected chi connectivity index (χ3v) is 7.29. The minimum atomic E-state index is -0.629. The van der Waals surface area contributed by atoms with E-state index in [0.717, 1.165) is 4.88 Å². The average molecular weight is 546 g/mol. The number of carbonyl (C=O) groups is 1. The first-order valence-electron chi connectivity index (χ1n) is 12.6. The van der Waals surface area contributed by atoms with Gasteiger partial charge in [-0.15, -0.1) is 11.3 Å². The number of thiazole rings is 1. The van der Waals surface area contributed by atoms with Crippen LogP contribution >= 0.6 is 11.3 Å². The maximum absolute atomic E-state index is 14.2. The molecular weight excluding hydrogens is 522 g/mol. The zero-order valence-electron chi connectivity index (χ0n) is 21.9.